The highest BCUT2D eigenvalue weighted by Gasteiger charge is 2.43. The number of pyridine rings is 1. The van der Waals surface area contributed by atoms with Gasteiger partial charge in [0, 0.05) is 25.9 Å². The minimum Gasteiger partial charge on any atom is -0.338 e. The van der Waals surface area contributed by atoms with Crippen molar-refractivity contribution in [2.24, 2.45) is 5.92 Å². The van der Waals surface area contributed by atoms with E-state index in [2.05, 4.69) is 9.71 Å². The minimum atomic E-state index is -3.72. The van der Waals surface area contributed by atoms with Crippen LogP contribution in [0.25, 0.3) is 0 Å². The van der Waals surface area contributed by atoms with E-state index in [1.807, 2.05) is 0 Å². The Labute approximate surface area is 129 Å². The molecule has 120 valence electrons. The summed E-state index contributed by atoms with van der Waals surface area (Å²) in [5.74, 6) is -1.61. The first-order valence-corrected chi connectivity index (χ1v) is 8.49. The number of carbonyl (C=O) groups excluding carboxylic acids is 2. The Kier molecular flexibility index (Phi) is 4.50. The van der Waals surface area contributed by atoms with E-state index in [-0.39, 0.29) is 12.3 Å². The maximum Gasteiger partial charge on any atom is 0.239 e. The third kappa shape index (κ3) is 3.11. The highest BCUT2D eigenvalue weighted by atomic mass is 32.2. The van der Waals surface area contributed by atoms with Gasteiger partial charge < -0.3 is 4.90 Å². The van der Waals surface area contributed by atoms with Crippen LogP contribution in [0.5, 0.6) is 0 Å². The first-order valence-electron chi connectivity index (χ1n) is 6.95. The van der Waals surface area contributed by atoms with Crippen LogP contribution in [0, 0.1) is 5.92 Å². The molecule has 1 aromatic rings. The van der Waals surface area contributed by atoms with Gasteiger partial charge in [-0.2, -0.15) is 0 Å². The molecule has 0 radical (unpaired) electrons. The summed E-state index contributed by atoms with van der Waals surface area (Å²) in [5.41, 5.74) is 0.706. The first kappa shape index (κ1) is 16.4. The van der Waals surface area contributed by atoms with Crippen molar-refractivity contribution in [3.05, 3.63) is 30.1 Å². The fourth-order valence-corrected chi connectivity index (χ4v) is 3.11. The summed E-state index contributed by atoms with van der Waals surface area (Å²) < 4.78 is 25.8. The number of hydrogen-bond acceptors (Lipinski definition) is 5. The molecule has 0 aliphatic carbocycles. The van der Waals surface area contributed by atoms with Gasteiger partial charge in [0.25, 0.3) is 0 Å². The predicted octanol–water partition coefficient (Wildman–Crippen LogP) is 0.455. The molecular weight excluding hydrogens is 306 g/mol. The van der Waals surface area contributed by atoms with Gasteiger partial charge in [0.05, 0.1) is 17.2 Å². The summed E-state index contributed by atoms with van der Waals surface area (Å²) in [7, 11) is -2.12. The largest absolute Gasteiger partial charge is 0.338 e. The lowest BCUT2D eigenvalue weighted by atomic mass is 9.94. The lowest BCUT2D eigenvalue weighted by molar-refractivity contribution is -0.128. The molecule has 1 N–H and O–H groups in total. The molecule has 1 aromatic heterocycles. The number of aromatic nitrogens is 1. The number of likely N-dealkylation sites (tertiary alicyclic amines) is 1. The van der Waals surface area contributed by atoms with Gasteiger partial charge in [0.15, 0.2) is 0 Å². The van der Waals surface area contributed by atoms with Crippen LogP contribution >= 0.6 is 0 Å². The lowest BCUT2D eigenvalue weighted by Crippen LogP contribution is -2.41. The smallest absolute Gasteiger partial charge is 0.239 e. The molecule has 1 aliphatic heterocycles. The van der Waals surface area contributed by atoms with Gasteiger partial charge in [-0.25, -0.2) is 8.42 Å². The third-order valence-corrected chi connectivity index (χ3v) is 5.54. The number of amides is 2. The maximum absolute atomic E-state index is 12.4. The van der Waals surface area contributed by atoms with E-state index < -0.39 is 33.1 Å². The highest BCUT2D eigenvalue weighted by Crippen LogP contribution is 2.36. The molecule has 0 bridgehead atoms. The van der Waals surface area contributed by atoms with Crippen molar-refractivity contribution >= 4 is 21.8 Å². The average Bonchev–Trinajstić information content (AvgIpc) is 2.75. The van der Waals surface area contributed by atoms with E-state index in [0.717, 1.165) is 0 Å². The Morgan fingerprint density at radius 1 is 1.45 bits per heavy atom. The Balaban J connectivity index is 2.29. The second kappa shape index (κ2) is 6.04. The zero-order valence-electron chi connectivity index (χ0n) is 12.7. The topological polar surface area (TPSA) is 96.4 Å². The normalized spacial score (nSPS) is 22.2. The Morgan fingerprint density at radius 3 is 2.68 bits per heavy atom. The summed E-state index contributed by atoms with van der Waals surface area (Å²) >= 11 is 0. The number of nitrogens with zero attached hydrogens (tertiary/aromatic N) is 2. The van der Waals surface area contributed by atoms with E-state index in [1.54, 1.807) is 31.6 Å². The van der Waals surface area contributed by atoms with E-state index in [4.69, 9.17) is 0 Å². The van der Waals surface area contributed by atoms with Crippen molar-refractivity contribution in [2.45, 2.75) is 31.6 Å². The van der Waals surface area contributed by atoms with Gasteiger partial charge >= 0.3 is 0 Å². The fourth-order valence-electron chi connectivity index (χ4n) is 2.45. The Hall–Kier alpha value is -1.96. The fraction of sp³-hybridized carbons (Fsp3) is 0.500. The van der Waals surface area contributed by atoms with Crippen LogP contribution in [-0.4, -0.2) is 42.4 Å². The average molecular weight is 325 g/mol. The summed E-state index contributed by atoms with van der Waals surface area (Å²) in [6.07, 6.45) is 3.16. The van der Waals surface area contributed by atoms with Crippen molar-refractivity contribution in [1.82, 2.24) is 14.6 Å². The molecule has 1 fully saturated rings. The standard InChI is InChI=1S/C14H19N3O4S/c1-9(2)22(20,21)16-14(19)11-7-12(18)17(3)13(11)10-5-4-6-15-8-10/h4-6,8-9,11,13H,7H2,1-3H3,(H,16,19)/t11-,13+/m1/s1. The number of carbonyl (C=O) groups is 2. The number of hydrogen-bond donors (Lipinski definition) is 1. The van der Waals surface area contributed by atoms with Crippen LogP contribution in [0.4, 0.5) is 0 Å². The molecular formula is C14H19N3O4S. The summed E-state index contributed by atoms with van der Waals surface area (Å²) in [4.78, 5) is 29.8. The van der Waals surface area contributed by atoms with Crippen molar-refractivity contribution < 1.29 is 18.0 Å². The molecule has 7 nitrogen and oxygen atoms in total. The summed E-state index contributed by atoms with van der Waals surface area (Å²) in [6.45, 7) is 2.97. The molecule has 1 saturated heterocycles. The second-order valence-corrected chi connectivity index (χ2v) is 7.84. The zero-order valence-corrected chi connectivity index (χ0v) is 13.5. The minimum absolute atomic E-state index is 0.0183. The number of rotatable bonds is 4. The lowest BCUT2D eigenvalue weighted by Gasteiger charge is -2.24. The first-order chi connectivity index (χ1) is 10.2. The van der Waals surface area contributed by atoms with Gasteiger partial charge in [-0.3, -0.25) is 19.3 Å². The van der Waals surface area contributed by atoms with Gasteiger partial charge in [0.1, 0.15) is 0 Å². The Bertz CT molecular complexity index is 673. The number of nitrogens with one attached hydrogen (secondary N) is 1. The van der Waals surface area contributed by atoms with Crippen LogP contribution in [0.3, 0.4) is 0 Å². The van der Waals surface area contributed by atoms with Gasteiger partial charge in [0.2, 0.25) is 21.8 Å². The number of sulfonamides is 1. The molecule has 0 saturated carbocycles. The quantitative estimate of drug-likeness (QED) is 0.867. The van der Waals surface area contributed by atoms with Gasteiger partial charge in [-0.05, 0) is 25.5 Å². The maximum atomic E-state index is 12.4. The second-order valence-electron chi connectivity index (χ2n) is 5.61. The third-order valence-electron chi connectivity index (χ3n) is 3.81. The molecule has 2 rings (SSSR count). The molecule has 0 spiro atoms. The molecule has 2 heterocycles. The predicted molar refractivity (Wildman–Crippen MR) is 80.1 cm³/mol. The van der Waals surface area contributed by atoms with E-state index in [0.29, 0.717) is 5.56 Å². The molecule has 8 heteroatoms. The van der Waals surface area contributed by atoms with Crippen LogP contribution in [0.1, 0.15) is 31.9 Å². The molecule has 1 aliphatic rings. The van der Waals surface area contributed by atoms with Crippen molar-refractivity contribution in [2.75, 3.05) is 7.05 Å². The van der Waals surface area contributed by atoms with Gasteiger partial charge in [-0.1, -0.05) is 6.07 Å². The van der Waals surface area contributed by atoms with Crippen molar-refractivity contribution in [1.29, 1.82) is 0 Å². The van der Waals surface area contributed by atoms with Crippen LogP contribution in [0.2, 0.25) is 0 Å². The highest BCUT2D eigenvalue weighted by molar-refractivity contribution is 7.90. The molecule has 2 amide bonds. The Morgan fingerprint density at radius 2 is 2.14 bits per heavy atom. The molecule has 2 atom stereocenters. The van der Waals surface area contributed by atoms with Crippen LogP contribution < -0.4 is 4.72 Å². The van der Waals surface area contributed by atoms with Crippen molar-refractivity contribution in [3.8, 4) is 0 Å². The van der Waals surface area contributed by atoms with E-state index in [9.17, 15) is 18.0 Å². The van der Waals surface area contributed by atoms with Crippen molar-refractivity contribution in [3.63, 3.8) is 0 Å². The van der Waals surface area contributed by atoms with Crippen LogP contribution in [0.15, 0.2) is 24.5 Å². The van der Waals surface area contributed by atoms with Gasteiger partial charge in [-0.15, -0.1) is 0 Å². The monoisotopic (exact) mass is 325 g/mol. The molecule has 0 aromatic carbocycles. The molecule has 0 unspecified atom stereocenters. The van der Waals surface area contributed by atoms with Crippen LogP contribution in [-0.2, 0) is 19.6 Å². The SMILES string of the molecule is CC(C)S(=O)(=O)NC(=O)[C@@H]1CC(=O)N(C)[C@H]1c1cccnc1. The summed E-state index contributed by atoms with van der Waals surface area (Å²) in [6, 6.07) is 2.97. The van der Waals surface area contributed by atoms with E-state index >= 15 is 0 Å². The molecule has 22 heavy (non-hydrogen) atoms. The summed E-state index contributed by atoms with van der Waals surface area (Å²) in [5, 5.41) is -0.719. The zero-order chi connectivity index (χ0) is 16.5. The van der Waals surface area contributed by atoms with E-state index in [1.165, 1.54) is 18.7 Å².